The second-order valence-electron chi connectivity index (χ2n) is 9.66. The van der Waals surface area contributed by atoms with Crippen molar-refractivity contribution in [3.8, 4) is 0 Å². The highest BCUT2D eigenvalue weighted by Gasteiger charge is 2.46. The highest BCUT2D eigenvalue weighted by Crippen LogP contribution is 2.42. The number of anilines is 1. The van der Waals surface area contributed by atoms with Gasteiger partial charge in [0.2, 0.25) is 5.91 Å². The number of β-amino-alcohol motifs (C(OH)–C–C–N with tert-alkyl or cyclic N) is 1. The Morgan fingerprint density at radius 3 is 2.85 bits per heavy atom. The molecule has 10 heteroatoms. The van der Waals surface area contributed by atoms with Crippen molar-refractivity contribution in [1.82, 2.24) is 24.5 Å². The number of aliphatic hydroxyl groups is 1. The number of aromatic nitrogens is 4. The van der Waals surface area contributed by atoms with Gasteiger partial charge in [0.15, 0.2) is 11.5 Å². The van der Waals surface area contributed by atoms with Crippen molar-refractivity contribution >= 4 is 23.3 Å². The first-order valence-corrected chi connectivity index (χ1v) is 11.6. The number of cyclic esters (lactones) is 1. The molecule has 1 aromatic carbocycles. The van der Waals surface area contributed by atoms with Crippen LogP contribution < -0.4 is 4.90 Å². The van der Waals surface area contributed by atoms with Crippen LogP contribution in [0.2, 0.25) is 0 Å². The summed E-state index contributed by atoms with van der Waals surface area (Å²) < 4.78 is 6.77. The van der Waals surface area contributed by atoms with Crippen LogP contribution in [0.4, 0.5) is 5.82 Å². The van der Waals surface area contributed by atoms with Crippen LogP contribution >= 0.6 is 0 Å². The minimum Gasteiger partial charge on any atom is -0.457 e. The van der Waals surface area contributed by atoms with Crippen LogP contribution in [0.25, 0.3) is 5.65 Å². The third kappa shape index (κ3) is 3.45. The number of hydrogen-bond donors (Lipinski definition) is 1. The van der Waals surface area contributed by atoms with Gasteiger partial charge in [0, 0.05) is 25.1 Å². The van der Waals surface area contributed by atoms with E-state index in [0.717, 1.165) is 42.6 Å². The summed E-state index contributed by atoms with van der Waals surface area (Å²) >= 11 is 0. The quantitative estimate of drug-likeness (QED) is 0.583. The van der Waals surface area contributed by atoms with Crippen LogP contribution in [0.1, 0.15) is 52.4 Å². The van der Waals surface area contributed by atoms with Crippen molar-refractivity contribution in [3.63, 3.8) is 0 Å². The molecule has 5 heterocycles. The van der Waals surface area contributed by atoms with Crippen molar-refractivity contribution in [3.05, 3.63) is 53.1 Å². The first kappa shape index (κ1) is 21.2. The zero-order valence-electron chi connectivity index (χ0n) is 19.0. The number of piperidine rings is 1. The number of hydrogen-bond acceptors (Lipinski definition) is 8. The molecule has 2 saturated heterocycles. The zero-order valence-corrected chi connectivity index (χ0v) is 19.0. The van der Waals surface area contributed by atoms with E-state index < -0.39 is 6.10 Å². The lowest BCUT2D eigenvalue weighted by Gasteiger charge is -2.39. The maximum atomic E-state index is 12.9. The van der Waals surface area contributed by atoms with Gasteiger partial charge in [-0.15, -0.1) is 0 Å². The highest BCUT2D eigenvalue weighted by atomic mass is 16.5. The second-order valence-corrected chi connectivity index (χ2v) is 9.66. The lowest BCUT2D eigenvalue weighted by Crippen LogP contribution is -2.43. The SMILES string of the molecule is Cc1c([C@@H](O)CN2CCC3(CC2)CC(=O)N(c2cn4ncnc4cn2)C3)ccc2c1COC2=O. The molecular weight excluding hydrogens is 436 g/mol. The molecule has 0 radical (unpaired) electrons. The molecule has 3 aliphatic rings. The Morgan fingerprint density at radius 1 is 1.21 bits per heavy atom. The molecule has 0 unspecified atom stereocenters. The summed E-state index contributed by atoms with van der Waals surface area (Å²) in [5, 5.41) is 15.1. The molecule has 3 aliphatic heterocycles. The normalized spacial score (nSPS) is 20.8. The van der Waals surface area contributed by atoms with E-state index in [1.165, 1.54) is 6.33 Å². The van der Waals surface area contributed by atoms with Crippen LogP contribution in [0, 0.1) is 12.3 Å². The molecule has 3 aromatic rings. The van der Waals surface area contributed by atoms with Crippen LogP contribution in [-0.2, 0) is 16.1 Å². The fourth-order valence-electron chi connectivity index (χ4n) is 5.58. The van der Waals surface area contributed by atoms with Crippen LogP contribution in [0.15, 0.2) is 30.9 Å². The number of amides is 1. The number of rotatable bonds is 4. The molecule has 0 aliphatic carbocycles. The lowest BCUT2D eigenvalue weighted by molar-refractivity contribution is -0.118. The Labute approximate surface area is 196 Å². The maximum Gasteiger partial charge on any atom is 0.338 e. The summed E-state index contributed by atoms with van der Waals surface area (Å²) in [6.07, 6.45) is 6.50. The number of likely N-dealkylation sites (tertiary alicyclic amines) is 1. The van der Waals surface area contributed by atoms with Gasteiger partial charge in [-0.2, -0.15) is 5.10 Å². The predicted molar refractivity (Wildman–Crippen MR) is 121 cm³/mol. The fourth-order valence-corrected chi connectivity index (χ4v) is 5.58. The third-order valence-corrected chi connectivity index (χ3v) is 7.66. The van der Waals surface area contributed by atoms with E-state index >= 15 is 0 Å². The first-order chi connectivity index (χ1) is 16.4. The molecule has 6 rings (SSSR count). The van der Waals surface area contributed by atoms with E-state index in [9.17, 15) is 14.7 Å². The lowest BCUT2D eigenvalue weighted by atomic mass is 9.77. The molecule has 0 saturated carbocycles. The summed E-state index contributed by atoms with van der Waals surface area (Å²) in [6, 6.07) is 3.59. The van der Waals surface area contributed by atoms with E-state index in [1.807, 2.05) is 13.0 Å². The third-order valence-electron chi connectivity index (χ3n) is 7.66. The fraction of sp³-hybridized carbons (Fsp3) is 0.458. The van der Waals surface area contributed by atoms with Crippen molar-refractivity contribution in [2.75, 3.05) is 31.1 Å². The zero-order chi connectivity index (χ0) is 23.4. The van der Waals surface area contributed by atoms with Gasteiger partial charge in [-0.3, -0.25) is 9.69 Å². The summed E-state index contributed by atoms with van der Waals surface area (Å²) in [4.78, 5) is 37.2. The van der Waals surface area contributed by atoms with E-state index in [2.05, 4.69) is 20.0 Å². The number of carbonyl (C=O) groups is 2. The Bertz CT molecular complexity index is 1300. The number of fused-ring (bicyclic) bond motifs is 2. The average molecular weight is 463 g/mol. The van der Waals surface area contributed by atoms with Gasteiger partial charge in [0.25, 0.3) is 0 Å². The highest BCUT2D eigenvalue weighted by molar-refractivity contribution is 5.95. The molecule has 0 bridgehead atoms. The monoisotopic (exact) mass is 462 g/mol. The summed E-state index contributed by atoms with van der Waals surface area (Å²) in [6.45, 7) is 5.02. The molecule has 176 valence electrons. The van der Waals surface area contributed by atoms with Crippen LogP contribution in [0.3, 0.4) is 0 Å². The molecule has 34 heavy (non-hydrogen) atoms. The standard InChI is InChI=1S/C24H26N6O4/c1-15-16(2-3-17-18(15)12-34-23(17)33)19(31)10-28-6-4-24(5-7-28)8-22(32)29(13-24)21-11-30-20(9-25-21)26-14-27-30/h2-3,9,11,14,19,31H,4-8,10,12-13H2,1H3/t19-/m0/s1. The van der Waals surface area contributed by atoms with Gasteiger partial charge >= 0.3 is 5.97 Å². The summed E-state index contributed by atoms with van der Waals surface area (Å²) in [5.74, 6) is 0.398. The van der Waals surface area contributed by atoms with E-state index in [-0.39, 0.29) is 23.9 Å². The summed E-state index contributed by atoms with van der Waals surface area (Å²) in [5.41, 5.74) is 3.82. The molecule has 10 nitrogen and oxygen atoms in total. The minimum atomic E-state index is -0.643. The molecule has 1 amide bonds. The van der Waals surface area contributed by atoms with Gasteiger partial charge in [-0.25, -0.2) is 19.3 Å². The largest absolute Gasteiger partial charge is 0.457 e. The van der Waals surface area contributed by atoms with Crippen molar-refractivity contribution in [2.45, 2.75) is 38.9 Å². The van der Waals surface area contributed by atoms with Crippen molar-refractivity contribution in [2.24, 2.45) is 5.41 Å². The predicted octanol–water partition coefficient (Wildman–Crippen LogP) is 1.66. The van der Waals surface area contributed by atoms with Gasteiger partial charge in [-0.1, -0.05) is 6.07 Å². The van der Waals surface area contributed by atoms with Gasteiger partial charge in [0.05, 0.1) is 24.1 Å². The smallest absolute Gasteiger partial charge is 0.338 e. The number of nitrogens with zero attached hydrogens (tertiary/aromatic N) is 6. The topological polar surface area (TPSA) is 113 Å². The summed E-state index contributed by atoms with van der Waals surface area (Å²) in [7, 11) is 0. The molecule has 1 atom stereocenters. The van der Waals surface area contributed by atoms with E-state index in [0.29, 0.717) is 36.5 Å². The van der Waals surface area contributed by atoms with E-state index in [1.54, 1.807) is 27.9 Å². The first-order valence-electron chi connectivity index (χ1n) is 11.6. The number of carbonyl (C=O) groups excluding carboxylic acids is 2. The van der Waals surface area contributed by atoms with Crippen LogP contribution in [-0.4, -0.2) is 67.6 Å². The van der Waals surface area contributed by atoms with Crippen molar-refractivity contribution < 1.29 is 19.4 Å². The molecule has 1 N–H and O–H groups in total. The Balaban J connectivity index is 1.11. The Hall–Kier alpha value is -3.37. The number of ether oxygens (including phenoxy) is 1. The number of benzene rings is 1. The molecule has 2 fully saturated rings. The van der Waals surface area contributed by atoms with Crippen molar-refractivity contribution in [1.29, 1.82) is 0 Å². The van der Waals surface area contributed by atoms with Gasteiger partial charge < -0.3 is 14.7 Å². The van der Waals surface area contributed by atoms with Crippen LogP contribution in [0.5, 0.6) is 0 Å². The molecular formula is C24H26N6O4. The molecule has 2 aromatic heterocycles. The average Bonchev–Trinajstić information content (AvgIpc) is 3.53. The minimum absolute atomic E-state index is 0.0707. The Morgan fingerprint density at radius 2 is 2.03 bits per heavy atom. The van der Waals surface area contributed by atoms with E-state index in [4.69, 9.17) is 4.74 Å². The van der Waals surface area contributed by atoms with Gasteiger partial charge in [-0.05, 0) is 55.5 Å². The van der Waals surface area contributed by atoms with Gasteiger partial charge in [0.1, 0.15) is 12.9 Å². The maximum absolute atomic E-state index is 12.9. The molecule has 1 spiro atoms. The number of aliphatic hydroxyl groups excluding tert-OH is 1. The second kappa shape index (κ2) is 7.85. The number of esters is 1. The Kier molecular flexibility index (Phi) is 4.89.